The number of sulfone groups is 1. The SMILES string of the molecule is CCOC(=O)CCN(C)CC(=O)NC1(C)CCS(=O)(=O)C1. The predicted octanol–water partition coefficient (Wildman–Crippen LogP) is -0.435. The molecule has 0 aliphatic carbocycles. The fourth-order valence-electron chi connectivity index (χ4n) is 2.32. The number of carbonyl (C=O) groups is 2. The van der Waals surface area contributed by atoms with Gasteiger partial charge in [0.1, 0.15) is 0 Å². The molecular formula is C13H24N2O5S. The quantitative estimate of drug-likeness (QED) is 0.640. The topological polar surface area (TPSA) is 92.8 Å². The van der Waals surface area contributed by atoms with Crippen LogP contribution in [0, 0.1) is 0 Å². The molecule has 1 amide bonds. The van der Waals surface area contributed by atoms with Gasteiger partial charge in [0, 0.05) is 6.54 Å². The summed E-state index contributed by atoms with van der Waals surface area (Å²) in [6.45, 7) is 4.37. The second kappa shape index (κ2) is 7.22. The smallest absolute Gasteiger partial charge is 0.307 e. The molecule has 8 heteroatoms. The lowest BCUT2D eigenvalue weighted by molar-refractivity contribution is -0.143. The number of carbonyl (C=O) groups excluding carboxylic acids is 2. The third-order valence-corrected chi connectivity index (χ3v) is 5.26. The zero-order chi connectivity index (χ0) is 16.1. The lowest BCUT2D eigenvalue weighted by Crippen LogP contribution is -2.50. The number of ether oxygens (including phenoxy) is 1. The van der Waals surface area contributed by atoms with E-state index >= 15 is 0 Å². The number of esters is 1. The highest BCUT2D eigenvalue weighted by molar-refractivity contribution is 7.91. The molecule has 0 radical (unpaired) electrons. The lowest BCUT2D eigenvalue weighted by Gasteiger charge is -2.25. The number of likely N-dealkylation sites (N-methyl/N-ethyl adjacent to an activating group) is 1. The zero-order valence-corrected chi connectivity index (χ0v) is 13.7. The molecule has 0 spiro atoms. The van der Waals surface area contributed by atoms with E-state index < -0.39 is 15.4 Å². The Morgan fingerprint density at radius 3 is 2.57 bits per heavy atom. The summed E-state index contributed by atoms with van der Waals surface area (Å²) < 4.78 is 27.8. The largest absolute Gasteiger partial charge is 0.466 e. The summed E-state index contributed by atoms with van der Waals surface area (Å²) in [7, 11) is -1.32. The van der Waals surface area contributed by atoms with Crippen molar-refractivity contribution in [3.05, 3.63) is 0 Å². The third-order valence-electron chi connectivity index (χ3n) is 3.36. The monoisotopic (exact) mass is 320 g/mol. The highest BCUT2D eigenvalue weighted by Gasteiger charge is 2.39. The Bertz CT molecular complexity index is 491. The summed E-state index contributed by atoms with van der Waals surface area (Å²) in [5.74, 6) is -0.430. The highest BCUT2D eigenvalue weighted by Crippen LogP contribution is 2.22. The van der Waals surface area contributed by atoms with Crippen molar-refractivity contribution < 1.29 is 22.7 Å². The first-order valence-corrected chi connectivity index (χ1v) is 8.83. The first-order chi connectivity index (χ1) is 9.66. The van der Waals surface area contributed by atoms with Gasteiger partial charge in [-0.2, -0.15) is 0 Å². The van der Waals surface area contributed by atoms with Gasteiger partial charge in [-0.3, -0.25) is 14.5 Å². The van der Waals surface area contributed by atoms with Gasteiger partial charge in [-0.1, -0.05) is 0 Å². The highest BCUT2D eigenvalue weighted by atomic mass is 32.2. The van der Waals surface area contributed by atoms with Crippen molar-refractivity contribution >= 4 is 21.7 Å². The van der Waals surface area contributed by atoms with Crippen LogP contribution >= 0.6 is 0 Å². The summed E-state index contributed by atoms with van der Waals surface area (Å²) in [6, 6.07) is 0. The molecule has 1 fully saturated rings. The first-order valence-electron chi connectivity index (χ1n) is 7.01. The molecular weight excluding hydrogens is 296 g/mol. The van der Waals surface area contributed by atoms with Crippen LogP contribution in [0.25, 0.3) is 0 Å². The minimum absolute atomic E-state index is 0.0156. The van der Waals surface area contributed by atoms with Gasteiger partial charge >= 0.3 is 5.97 Å². The van der Waals surface area contributed by atoms with Gasteiger partial charge in [0.15, 0.2) is 9.84 Å². The van der Waals surface area contributed by atoms with Crippen LogP contribution in [0.3, 0.4) is 0 Å². The maximum atomic E-state index is 11.9. The van der Waals surface area contributed by atoms with E-state index in [4.69, 9.17) is 4.74 Å². The molecule has 1 N–H and O–H groups in total. The van der Waals surface area contributed by atoms with Crippen molar-refractivity contribution in [2.45, 2.75) is 32.2 Å². The fraction of sp³-hybridized carbons (Fsp3) is 0.846. The number of nitrogens with one attached hydrogen (secondary N) is 1. The summed E-state index contributed by atoms with van der Waals surface area (Å²) in [5, 5.41) is 2.78. The molecule has 1 atom stereocenters. The van der Waals surface area contributed by atoms with Crippen LogP contribution in [0.2, 0.25) is 0 Å². The van der Waals surface area contributed by atoms with Crippen molar-refractivity contribution in [3.8, 4) is 0 Å². The van der Waals surface area contributed by atoms with E-state index in [1.54, 1.807) is 25.8 Å². The average Bonchev–Trinajstić information content (AvgIpc) is 2.60. The maximum absolute atomic E-state index is 11.9. The number of amides is 1. The van der Waals surface area contributed by atoms with Gasteiger partial charge in [-0.25, -0.2) is 8.42 Å². The van der Waals surface area contributed by atoms with E-state index in [9.17, 15) is 18.0 Å². The molecule has 0 aromatic carbocycles. The Morgan fingerprint density at radius 1 is 1.38 bits per heavy atom. The van der Waals surface area contributed by atoms with Crippen LogP contribution in [-0.4, -0.2) is 69.0 Å². The third kappa shape index (κ3) is 6.43. The van der Waals surface area contributed by atoms with Gasteiger partial charge in [-0.05, 0) is 27.3 Å². The van der Waals surface area contributed by atoms with Crippen molar-refractivity contribution in [2.75, 3.05) is 38.2 Å². The molecule has 0 aromatic heterocycles. The number of hydrogen-bond donors (Lipinski definition) is 1. The van der Waals surface area contributed by atoms with Crippen LogP contribution in [0.5, 0.6) is 0 Å². The fourth-order valence-corrected chi connectivity index (χ4v) is 4.42. The molecule has 1 rings (SSSR count). The number of rotatable bonds is 7. The average molecular weight is 320 g/mol. The molecule has 122 valence electrons. The van der Waals surface area contributed by atoms with Crippen molar-refractivity contribution in [2.24, 2.45) is 0 Å². The maximum Gasteiger partial charge on any atom is 0.307 e. The van der Waals surface area contributed by atoms with Crippen molar-refractivity contribution in [1.82, 2.24) is 10.2 Å². The Kier molecular flexibility index (Phi) is 6.15. The van der Waals surface area contributed by atoms with E-state index in [1.165, 1.54) is 0 Å². The molecule has 21 heavy (non-hydrogen) atoms. The van der Waals surface area contributed by atoms with Crippen LogP contribution < -0.4 is 5.32 Å². The molecule has 1 heterocycles. The van der Waals surface area contributed by atoms with E-state index in [0.29, 0.717) is 19.6 Å². The van der Waals surface area contributed by atoms with Gasteiger partial charge in [0.05, 0.1) is 36.6 Å². The van der Waals surface area contributed by atoms with Gasteiger partial charge in [0.25, 0.3) is 0 Å². The molecule has 0 bridgehead atoms. The second-order valence-corrected chi connectivity index (χ2v) is 7.93. The minimum atomic E-state index is -3.05. The van der Waals surface area contributed by atoms with Crippen molar-refractivity contribution in [1.29, 1.82) is 0 Å². The summed E-state index contributed by atoms with van der Waals surface area (Å²) in [5.41, 5.74) is -0.683. The molecule has 1 aliphatic rings. The van der Waals surface area contributed by atoms with Crippen molar-refractivity contribution in [3.63, 3.8) is 0 Å². The predicted molar refractivity (Wildman–Crippen MR) is 78.6 cm³/mol. The van der Waals surface area contributed by atoms with Crippen LogP contribution in [0.15, 0.2) is 0 Å². The van der Waals surface area contributed by atoms with E-state index in [-0.39, 0.29) is 36.3 Å². The Labute approximate surface area is 125 Å². The van der Waals surface area contributed by atoms with Crippen LogP contribution in [-0.2, 0) is 24.2 Å². The second-order valence-electron chi connectivity index (χ2n) is 5.74. The lowest BCUT2D eigenvalue weighted by atomic mass is 10.0. The van der Waals surface area contributed by atoms with E-state index in [0.717, 1.165) is 0 Å². The summed E-state index contributed by atoms with van der Waals surface area (Å²) in [4.78, 5) is 24.9. The first kappa shape index (κ1) is 17.9. The Balaban J connectivity index is 2.35. The van der Waals surface area contributed by atoms with Gasteiger partial charge < -0.3 is 10.1 Å². The van der Waals surface area contributed by atoms with Gasteiger partial charge in [-0.15, -0.1) is 0 Å². The van der Waals surface area contributed by atoms with E-state index in [1.807, 2.05) is 0 Å². The molecule has 0 aromatic rings. The number of nitrogens with zero attached hydrogens (tertiary/aromatic N) is 1. The zero-order valence-electron chi connectivity index (χ0n) is 12.8. The summed E-state index contributed by atoms with van der Waals surface area (Å²) >= 11 is 0. The summed E-state index contributed by atoms with van der Waals surface area (Å²) in [6.07, 6.45) is 0.664. The molecule has 1 unspecified atom stereocenters. The molecule has 0 saturated carbocycles. The van der Waals surface area contributed by atoms with E-state index in [2.05, 4.69) is 5.32 Å². The van der Waals surface area contributed by atoms with Crippen LogP contribution in [0.4, 0.5) is 0 Å². The van der Waals surface area contributed by atoms with Crippen LogP contribution in [0.1, 0.15) is 26.7 Å². The molecule has 1 saturated heterocycles. The molecule has 1 aliphatic heterocycles. The minimum Gasteiger partial charge on any atom is -0.466 e. The Morgan fingerprint density at radius 2 is 2.05 bits per heavy atom. The van der Waals surface area contributed by atoms with Gasteiger partial charge in [0.2, 0.25) is 5.91 Å². The number of hydrogen-bond acceptors (Lipinski definition) is 6. The Hall–Kier alpha value is -1.15. The molecule has 7 nitrogen and oxygen atoms in total. The standard InChI is InChI=1S/C13H24N2O5S/c1-4-20-12(17)5-7-15(3)9-11(16)14-13(2)6-8-21(18,19)10-13/h4-10H2,1-3H3,(H,14,16). The normalized spacial score (nSPS) is 24.0.